The molecule has 1 aliphatic heterocycles. The number of anilines is 1. The molecule has 0 saturated carbocycles. The second kappa shape index (κ2) is 9.67. The first-order chi connectivity index (χ1) is 12.7. The Morgan fingerprint density at radius 2 is 2.12 bits per heavy atom. The second-order valence-electron chi connectivity index (χ2n) is 6.73. The Morgan fingerprint density at radius 1 is 1.27 bits per heavy atom. The van der Waals surface area contributed by atoms with E-state index in [1.165, 1.54) is 42.0 Å². The predicted octanol–water partition coefficient (Wildman–Crippen LogP) is 5.65. The van der Waals surface area contributed by atoms with Crippen molar-refractivity contribution in [2.45, 2.75) is 36.0 Å². The number of nitrogens with one attached hydrogen (secondary N) is 1. The Hall–Kier alpha value is -1.17. The van der Waals surface area contributed by atoms with Gasteiger partial charge < -0.3 is 15.0 Å². The van der Waals surface area contributed by atoms with Crippen LogP contribution in [-0.4, -0.2) is 38.2 Å². The van der Waals surface area contributed by atoms with Crippen LogP contribution in [0, 0.1) is 0 Å². The lowest BCUT2D eigenvalue weighted by Crippen LogP contribution is -2.27. The molecule has 3 rings (SSSR count). The maximum absolute atomic E-state index is 5.50. The minimum absolute atomic E-state index is 0.730. The number of methoxy groups -OCH3 is 1. The van der Waals surface area contributed by atoms with Gasteiger partial charge in [0.1, 0.15) is 5.75 Å². The van der Waals surface area contributed by atoms with Crippen molar-refractivity contribution in [3.8, 4) is 5.75 Å². The molecular formula is C21H27BrN2OS. The number of hydrogen-bond acceptors (Lipinski definition) is 4. The van der Waals surface area contributed by atoms with Gasteiger partial charge in [0.05, 0.1) is 7.11 Å². The number of halogens is 1. The van der Waals surface area contributed by atoms with Gasteiger partial charge in [-0.3, -0.25) is 0 Å². The summed E-state index contributed by atoms with van der Waals surface area (Å²) in [4.78, 5) is 3.77. The molecule has 5 heteroatoms. The minimum atomic E-state index is 0.730. The molecule has 26 heavy (non-hydrogen) atoms. The molecule has 1 aliphatic rings. The molecule has 1 heterocycles. The third-order valence-corrected chi connectivity index (χ3v) is 6.59. The highest BCUT2D eigenvalue weighted by Crippen LogP contribution is 2.33. The Kier molecular flexibility index (Phi) is 7.29. The highest BCUT2D eigenvalue weighted by molar-refractivity contribution is 9.10. The topological polar surface area (TPSA) is 24.5 Å². The molecule has 3 nitrogen and oxygen atoms in total. The van der Waals surface area contributed by atoms with Gasteiger partial charge in [0.25, 0.3) is 0 Å². The van der Waals surface area contributed by atoms with Crippen LogP contribution in [0.25, 0.3) is 0 Å². The Morgan fingerprint density at radius 3 is 2.88 bits per heavy atom. The Labute approximate surface area is 169 Å². The van der Waals surface area contributed by atoms with Crippen molar-refractivity contribution in [2.24, 2.45) is 0 Å². The average Bonchev–Trinajstić information content (AvgIpc) is 3.06. The summed E-state index contributed by atoms with van der Waals surface area (Å²) in [5.41, 5.74) is 2.43. The van der Waals surface area contributed by atoms with E-state index in [0.717, 1.165) is 28.6 Å². The number of nitrogens with zero attached hydrogens (tertiary/aromatic N) is 1. The van der Waals surface area contributed by atoms with Crippen molar-refractivity contribution in [3.05, 3.63) is 52.5 Å². The van der Waals surface area contributed by atoms with Crippen LogP contribution in [-0.2, 0) is 5.75 Å². The van der Waals surface area contributed by atoms with E-state index in [-0.39, 0.29) is 0 Å². The molecule has 1 atom stereocenters. The maximum atomic E-state index is 5.50. The molecule has 0 amide bonds. The molecule has 1 N–H and O–H groups in total. The van der Waals surface area contributed by atoms with Crippen LogP contribution >= 0.6 is 27.7 Å². The van der Waals surface area contributed by atoms with Crippen molar-refractivity contribution in [1.29, 1.82) is 0 Å². The highest BCUT2D eigenvalue weighted by Gasteiger charge is 2.20. The molecule has 2 aromatic rings. The van der Waals surface area contributed by atoms with Crippen LogP contribution in [0.4, 0.5) is 5.69 Å². The van der Waals surface area contributed by atoms with Crippen LogP contribution < -0.4 is 10.1 Å². The van der Waals surface area contributed by atoms with Gasteiger partial charge in [0, 0.05) is 39.0 Å². The SMILES string of the molecule is COc1ccc(Br)cc1CSc1ccccc1NCCC1CCCN1C. The van der Waals surface area contributed by atoms with Crippen molar-refractivity contribution >= 4 is 33.4 Å². The summed E-state index contributed by atoms with van der Waals surface area (Å²) in [5.74, 6) is 1.82. The smallest absolute Gasteiger partial charge is 0.122 e. The van der Waals surface area contributed by atoms with Gasteiger partial charge in [-0.05, 0) is 63.2 Å². The van der Waals surface area contributed by atoms with Crippen molar-refractivity contribution in [3.63, 3.8) is 0 Å². The molecular weight excluding hydrogens is 408 g/mol. The molecule has 0 spiro atoms. The lowest BCUT2D eigenvalue weighted by Gasteiger charge is -2.20. The van der Waals surface area contributed by atoms with Crippen LogP contribution in [0.1, 0.15) is 24.8 Å². The zero-order valence-electron chi connectivity index (χ0n) is 15.5. The summed E-state index contributed by atoms with van der Waals surface area (Å²) in [6.45, 7) is 2.26. The summed E-state index contributed by atoms with van der Waals surface area (Å²) in [6, 6.07) is 15.5. The zero-order valence-corrected chi connectivity index (χ0v) is 17.9. The number of rotatable bonds is 8. The van der Waals surface area contributed by atoms with Crippen LogP contribution in [0.15, 0.2) is 51.8 Å². The van der Waals surface area contributed by atoms with Gasteiger partial charge in [-0.25, -0.2) is 0 Å². The van der Waals surface area contributed by atoms with E-state index in [9.17, 15) is 0 Å². The molecule has 1 fully saturated rings. The summed E-state index contributed by atoms with van der Waals surface area (Å²) < 4.78 is 6.58. The van der Waals surface area contributed by atoms with Crippen molar-refractivity contribution < 1.29 is 4.74 Å². The average molecular weight is 435 g/mol. The summed E-state index contributed by atoms with van der Waals surface area (Å²) in [5, 5.41) is 3.65. The predicted molar refractivity (Wildman–Crippen MR) is 115 cm³/mol. The number of hydrogen-bond donors (Lipinski definition) is 1. The normalized spacial score (nSPS) is 17.4. The van der Waals surface area contributed by atoms with Gasteiger partial charge in [-0.1, -0.05) is 28.1 Å². The van der Waals surface area contributed by atoms with Gasteiger partial charge in [-0.2, -0.15) is 0 Å². The van der Waals surface area contributed by atoms with Crippen LogP contribution in [0.3, 0.4) is 0 Å². The number of likely N-dealkylation sites (tertiary alicyclic amines) is 1. The Bertz CT molecular complexity index is 725. The summed E-state index contributed by atoms with van der Waals surface area (Å²) in [7, 11) is 3.97. The standard InChI is InChI=1S/C21H27BrN2OS/c1-24-13-5-6-18(24)11-12-23-19-7-3-4-8-21(19)26-15-16-14-17(22)9-10-20(16)25-2/h3-4,7-10,14,18,23H,5-6,11-13,15H2,1-2H3. The van der Waals surface area contributed by atoms with Crippen molar-refractivity contribution in [1.82, 2.24) is 4.90 Å². The Balaban J connectivity index is 1.59. The lowest BCUT2D eigenvalue weighted by molar-refractivity contribution is 0.301. The molecule has 2 aromatic carbocycles. The van der Waals surface area contributed by atoms with E-state index < -0.39 is 0 Å². The molecule has 0 radical (unpaired) electrons. The number of ether oxygens (including phenoxy) is 1. The molecule has 1 unspecified atom stereocenters. The number of para-hydroxylation sites is 1. The van der Waals surface area contributed by atoms with Gasteiger partial charge in [0.15, 0.2) is 0 Å². The summed E-state index contributed by atoms with van der Waals surface area (Å²) in [6.07, 6.45) is 3.87. The minimum Gasteiger partial charge on any atom is -0.496 e. The van der Waals surface area contributed by atoms with E-state index in [1.807, 2.05) is 23.9 Å². The van der Waals surface area contributed by atoms with Gasteiger partial charge in [-0.15, -0.1) is 11.8 Å². The first-order valence-corrected chi connectivity index (χ1v) is 10.9. The van der Waals surface area contributed by atoms with Crippen LogP contribution in [0.5, 0.6) is 5.75 Å². The van der Waals surface area contributed by atoms with E-state index >= 15 is 0 Å². The molecule has 0 aliphatic carbocycles. The monoisotopic (exact) mass is 434 g/mol. The largest absolute Gasteiger partial charge is 0.496 e. The third-order valence-electron chi connectivity index (χ3n) is 4.98. The highest BCUT2D eigenvalue weighted by atomic mass is 79.9. The maximum Gasteiger partial charge on any atom is 0.122 e. The second-order valence-corrected chi connectivity index (χ2v) is 8.67. The number of thioether (sulfide) groups is 1. The molecule has 1 saturated heterocycles. The fourth-order valence-corrected chi connectivity index (χ4v) is 4.89. The van der Waals surface area contributed by atoms with E-state index in [4.69, 9.17) is 4.74 Å². The first-order valence-electron chi connectivity index (χ1n) is 9.15. The van der Waals surface area contributed by atoms with Crippen molar-refractivity contribution in [2.75, 3.05) is 32.6 Å². The molecule has 140 valence electrons. The van der Waals surface area contributed by atoms with E-state index in [0.29, 0.717) is 0 Å². The van der Waals surface area contributed by atoms with Crippen LogP contribution in [0.2, 0.25) is 0 Å². The lowest BCUT2D eigenvalue weighted by atomic mass is 10.1. The van der Waals surface area contributed by atoms with Gasteiger partial charge in [0.2, 0.25) is 0 Å². The van der Waals surface area contributed by atoms with E-state index in [2.05, 4.69) is 63.5 Å². The zero-order chi connectivity index (χ0) is 18.4. The number of benzene rings is 2. The third kappa shape index (κ3) is 5.18. The van der Waals surface area contributed by atoms with Gasteiger partial charge >= 0.3 is 0 Å². The fraction of sp³-hybridized carbons (Fsp3) is 0.429. The molecule has 0 aromatic heterocycles. The quantitative estimate of drug-likeness (QED) is 0.542. The fourth-order valence-electron chi connectivity index (χ4n) is 3.47. The van der Waals surface area contributed by atoms with E-state index in [1.54, 1.807) is 7.11 Å². The summed E-state index contributed by atoms with van der Waals surface area (Å²) >= 11 is 5.40. The first kappa shape index (κ1) is 19.6. The molecule has 0 bridgehead atoms.